The first-order chi connectivity index (χ1) is 4.30. The largest absolute Gasteiger partial charge is 0.393 e. The van der Waals surface area contributed by atoms with Crippen molar-refractivity contribution < 1.29 is 5.11 Å². The Morgan fingerprint density at radius 3 is 2.60 bits per heavy atom. The Bertz CT molecular complexity index is 79.7. The molecule has 0 aliphatic carbocycles. The predicted octanol–water partition coefficient (Wildman–Crippen LogP) is 0.789. The van der Waals surface area contributed by atoms with Gasteiger partial charge in [-0.25, -0.2) is 0 Å². The maximum absolute atomic E-state index is 9.32. The van der Waals surface area contributed by atoms with Gasteiger partial charge in [0, 0.05) is 0 Å². The fourth-order valence-corrected chi connectivity index (χ4v) is 1.18. The molecule has 2 atom stereocenters. The van der Waals surface area contributed by atoms with Gasteiger partial charge in [-0.15, -0.1) is 12.4 Å². The molecular formula is C7H16ClNO. The molecule has 0 aromatic heterocycles. The van der Waals surface area contributed by atoms with E-state index < -0.39 is 0 Å². The summed E-state index contributed by atoms with van der Waals surface area (Å²) in [7, 11) is 0. The van der Waals surface area contributed by atoms with Crippen molar-refractivity contribution in [3.05, 3.63) is 0 Å². The molecule has 1 heterocycles. The molecule has 0 spiro atoms. The van der Waals surface area contributed by atoms with Crippen molar-refractivity contribution in [1.29, 1.82) is 0 Å². The molecule has 10 heavy (non-hydrogen) atoms. The first-order valence-electron chi connectivity index (χ1n) is 3.69. The van der Waals surface area contributed by atoms with E-state index in [2.05, 4.69) is 12.2 Å². The summed E-state index contributed by atoms with van der Waals surface area (Å²) in [5.74, 6) is 0.486. The smallest absolute Gasteiger partial charge is 0.0578 e. The van der Waals surface area contributed by atoms with E-state index >= 15 is 0 Å². The zero-order valence-corrected chi connectivity index (χ0v) is 7.16. The average Bonchev–Trinajstić information content (AvgIpc) is 1.99. The minimum atomic E-state index is -0.0694. The lowest BCUT2D eigenvalue weighted by atomic mass is 10.0. The molecule has 3 heteroatoms. The molecule has 0 bridgehead atoms. The quantitative estimate of drug-likeness (QED) is 0.557. The first kappa shape index (κ1) is 10.2. The summed E-state index contributed by atoms with van der Waals surface area (Å²) in [6, 6.07) is 0. The molecule has 2 N–H and O–H groups in total. The van der Waals surface area contributed by atoms with Gasteiger partial charge in [0.1, 0.15) is 0 Å². The van der Waals surface area contributed by atoms with Gasteiger partial charge in [-0.05, 0) is 31.8 Å². The van der Waals surface area contributed by atoms with E-state index in [1.54, 1.807) is 0 Å². The lowest BCUT2D eigenvalue weighted by molar-refractivity contribution is 0.114. The zero-order chi connectivity index (χ0) is 6.69. The Labute approximate surface area is 68.4 Å². The summed E-state index contributed by atoms with van der Waals surface area (Å²) in [5.41, 5.74) is 0. The maximum atomic E-state index is 9.32. The summed E-state index contributed by atoms with van der Waals surface area (Å²) in [4.78, 5) is 0. The van der Waals surface area contributed by atoms with Crippen LogP contribution >= 0.6 is 12.4 Å². The van der Waals surface area contributed by atoms with Crippen LogP contribution in [0.15, 0.2) is 0 Å². The molecule has 0 saturated carbocycles. The molecule has 1 aliphatic heterocycles. The molecule has 0 aromatic carbocycles. The molecule has 1 fully saturated rings. The minimum Gasteiger partial charge on any atom is -0.393 e. The number of hydrogen-bond acceptors (Lipinski definition) is 2. The van der Waals surface area contributed by atoms with E-state index in [4.69, 9.17) is 0 Å². The van der Waals surface area contributed by atoms with E-state index in [0.717, 1.165) is 25.9 Å². The second-order valence-corrected chi connectivity index (χ2v) is 2.87. The summed E-state index contributed by atoms with van der Waals surface area (Å²) in [5, 5.41) is 12.6. The fourth-order valence-electron chi connectivity index (χ4n) is 1.18. The number of nitrogens with one attached hydrogen (secondary N) is 1. The van der Waals surface area contributed by atoms with Gasteiger partial charge in [0.05, 0.1) is 6.10 Å². The van der Waals surface area contributed by atoms with Gasteiger partial charge in [0.15, 0.2) is 0 Å². The molecule has 0 amide bonds. The van der Waals surface area contributed by atoms with Crippen LogP contribution in [0.1, 0.15) is 19.8 Å². The van der Waals surface area contributed by atoms with E-state index in [0.29, 0.717) is 5.92 Å². The van der Waals surface area contributed by atoms with Crippen LogP contribution < -0.4 is 5.32 Å². The Balaban J connectivity index is 0.000000810. The lowest BCUT2D eigenvalue weighted by Crippen LogP contribution is -2.16. The zero-order valence-electron chi connectivity index (χ0n) is 6.34. The molecule has 62 valence electrons. The van der Waals surface area contributed by atoms with E-state index in [9.17, 15) is 5.11 Å². The van der Waals surface area contributed by atoms with Gasteiger partial charge in [-0.3, -0.25) is 0 Å². The van der Waals surface area contributed by atoms with Crippen molar-refractivity contribution in [3.63, 3.8) is 0 Å². The van der Waals surface area contributed by atoms with Crippen LogP contribution in [0.2, 0.25) is 0 Å². The average molecular weight is 166 g/mol. The lowest BCUT2D eigenvalue weighted by Gasteiger charge is -2.12. The number of aliphatic hydroxyl groups excluding tert-OH is 1. The molecule has 1 rings (SSSR count). The molecule has 1 aliphatic rings. The molecule has 1 saturated heterocycles. The minimum absolute atomic E-state index is 0. The molecule has 2 nitrogen and oxygen atoms in total. The van der Waals surface area contributed by atoms with Crippen LogP contribution in [0, 0.1) is 5.92 Å². The van der Waals surface area contributed by atoms with Gasteiger partial charge in [-0.2, -0.15) is 0 Å². The summed E-state index contributed by atoms with van der Waals surface area (Å²) >= 11 is 0. The molecule has 0 aromatic rings. The van der Waals surface area contributed by atoms with Crippen LogP contribution in [0.25, 0.3) is 0 Å². The van der Waals surface area contributed by atoms with Gasteiger partial charge >= 0.3 is 0 Å². The summed E-state index contributed by atoms with van der Waals surface area (Å²) in [6.45, 7) is 4.15. The van der Waals surface area contributed by atoms with Gasteiger partial charge in [0.2, 0.25) is 0 Å². The Hall–Kier alpha value is 0.210. The van der Waals surface area contributed by atoms with Crippen molar-refractivity contribution in [3.8, 4) is 0 Å². The van der Waals surface area contributed by atoms with Crippen molar-refractivity contribution in [2.75, 3.05) is 13.1 Å². The SMILES string of the molecule is CC1CCNCCC1O.Cl. The third-order valence-corrected chi connectivity index (χ3v) is 2.05. The van der Waals surface area contributed by atoms with Crippen molar-refractivity contribution in [2.24, 2.45) is 5.92 Å². The number of rotatable bonds is 0. The second kappa shape index (κ2) is 4.94. The highest BCUT2D eigenvalue weighted by atomic mass is 35.5. The summed E-state index contributed by atoms with van der Waals surface area (Å²) < 4.78 is 0. The Morgan fingerprint density at radius 1 is 1.30 bits per heavy atom. The maximum Gasteiger partial charge on any atom is 0.0578 e. The van der Waals surface area contributed by atoms with E-state index in [1.165, 1.54) is 0 Å². The topological polar surface area (TPSA) is 32.3 Å². The van der Waals surface area contributed by atoms with Crippen molar-refractivity contribution >= 4 is 12.4 Å². The number of halogens is 1. The van der Waals surface area contributed by atoms with Crippen LogP contribution in [0.5, 0.6) is 0 Å². The predicted molar refractivity (Wildman–Crippen MR) is 44.5 cm³/mol. The van der Waals surface area contributed by atoms with Crippen LogP contribution in [-0.4, -0.2) is 24.3 Å². The monoisotopic (exact) mass is 165 g/mol. The van der Waals surface area contributed by atoms with Crippen molar-refractivity contribution in [1.82, 2.24) is 5.32 Å². The molecular weight excluding hydrogens is 150 g/mol. The number of hydrogen-bond donors (Lipinski definition) is 2. The third-order valence-electron chi connectivity index (χ3n) is 2.05. The van der Waals surface area contributed by atoms with Gasteiger partial charge < -0.3 is 10.4 Å². The highest BCUT2D eigenvalue weighted by Crippen LogP contribution is 2.12. The Kier molecular flexibility index (Phi) is 5.04. The second-order valence-electron chi connectivity index (χ2n) is 2.87. The molecule has 2 unspecified atom stereocenters. The fraction of sp³-hybridized carbons (Fsp3) is 1.00. The Morgan fingerprint density at radius 2 is 1.90 bits per heavy atom. The number of aliphatic hydroxyl groups is 1. The van der Waals surface area contributed by atoms with Crippen LogP contribution in [-0.2, 0) is 0 Å². The highest BCUT2D eigenvalue weighted by molar-refractivity contribution is 5.85. The van der Waals surface area contributed by atoms with E-state index in [1.807, 2.05) is 0 Å². The van der Waals surface area contributed by atoms with Crippen LogP contribution in [0.3, 0.4) is 0 Å². The van der Waals surface area contributed by atoms with E-state index in [-0.39, 0.29) is 18.5 Å². The summed E-state index contributed by atoms with van der Waals surface area (Å²) in [6.07, 6.45) is 1.96. The normalized spacial score (nSPS) is 34.2. The first-order valence-corrected chi connectivity index (χ1v) is 3.69. The van der Waals surface area contributed by atoms with Gasteiger partial charge in [-0.1, -0.05) is 6.92 Å². The van der Waals surface area contributed by atoms with Crippen LogP contribution in [0.4, 0.5) is 0 Å². The highest BCUT2D eigenvalue weighted by Gasteiger charge is 2.15. The van der Waals surface area contributed by atoms with Gasteiger partial charge in [0.25, 0.3) is 0 Å². The standard InChI is InChI=1S/C7H15NO.ClH/c1-6-2-4-8-5-3-7(6)9;/h6-9H,2-5H2,1H3;1H. The van der Waals surface area contributed by atoms with Crippen molar-refractivity contribution in [2.45, 2.75) is 25.9 Å². The molecule has 0 radical (unpaired) electrons. The third kappa shape index (κ3) is 2.86.